The fourth-order valence-electron chi connectivity index (χ4n) is 0.754. The highest BCUT2D eigenvalue weighted by atomic mass is 32.2. The van der Waals surface area contributed by atoms with Crippen LogP contribution in [-0.2, 0) is 10.0 Å². The summed E-state index contributed by atoms with van der Waals surface area (Å²) in [5, 5.41) is 17.9. The first-order valence-corrected chi connectivity index (χ1v) is 4.76. The number of phenolic OH excluding ortho intramolecular Hbond substituents is 2. The number of nitrogens with one attached hydrogen (secondary N) is 1. The smallest absolute Gasteiger partial charge is 0.240 e. The summed E-state index contributed by atoms with van der Waals surface area (Å²) in [6, 6.07) is 3.17. The summed E-state index contributed by atoms with van der Waals surface area (Å²) in [7, 11) is -0.666. The van der Waals surface area contributed by atoms with Gasteiger partial charge in [0.25, 0.3) is 0 Å². The van der Waals surface area contributed by atoms with Crippen LogP contribution in [0.25, 0.3) is 0 Å². The van der Waals surface area contributed by atoms with Crippen LogP contribution >= 0.6 is 0 Å². The van der Waals surface area contributed by atoms with Crippen molar-refractivity contribution in [1.82, 2.24) is 4.72 Å². The van der Waals surface area contributed by atoms with E-state index in [1.807, 2.05) is 4.72 Å². The highest BCUT2D eigenvalue weighted by Crippen LogP contribution is 2.26. The number of hydrogen-bond donors (Lipinski definition) is 3. The van der Waals surface area contributed by atoms with Gasteiger partial charge in [-0.25, -0.2) is 13.1 Å². The van der Waals surface area contributed by atoms with E-state index in [1.165, 1.54) is 0 Å². The number of aromatic hydroxyl groups is 2. The Balaban J connectivity index is 3.27. The summed E-state index contributed by atoms with van der Waals surface area (Å²) in [5.41, 5.74) is 0. The third-order valence-electron chi connectivity index (χ3n) is 1.45. The molecule has 5 nitrogen and oxygen atoms in total. The molecule has 0 aliphatic carbocycles. The standard InChI is InChI=1S/C7H8NO4S/c1-8-13(11,12)5-2-3-6(9)7(10)4-5/h2-4,8-10H,1H2. The highest BCUT2D eigenvalue weighted by molar-refractivity contribution is 7.89. The Morgan fingerprint density at radius 3 is 2.31 bits per heavy atom. The summed E-state index contributed by atoms with van der Waals surface area (Å²) < 4.78 is 24.0. The Hall–Kier alpha value is -1.27. The van der Waals surface area contributed by atoms with Gasteiger partial charge < -0.3 is 10.2 Å². The van der Waals surface area contributed by atoms with Gasteiger partial charge in [-0.3, -0.25) is 0 Å². The summed E-state index contributed by atoms with van der Waals surface area (Å²) in [4.78, 5) is -0.155. The third kappa shape index (κ3) is 1.90. The number of hydrogen-bond acceptors (Lipinski definition) is 4. The zero-order valence-corrected chi connectivity index (χ0v) is 7.37. The largest absolute Gasteiger partial charge is 0.504 e. The minimum atomic E-state index is -3.67. The fraction of sp³-hybridized carbons (Fsp3) is 0. The van der Waals surface area contributed by atoms with Gasteiger partial charge in [0.05, 0.1) is 4.90 Å². The maximum atomic E-state index is 11.1. The van der Waals surface area contributed by atoms with E-state index < -0.39 is 15.8 Å². The minimum Gasteiger partial charge on any atom is -0.504 e. The van der Waals surface area contributed by atoms with Crippen LogP contribution in [0.15, 0.2) is 23.1 Å². The van der Waals surface area contributed by atoms with Crippen molar-refractivity contribution in [3.8, 4) is 11.5 Å². The number of rotatable bonds is 2. The topological polar surface area (TPSA) is 86.6 Å². The Morgan fingerprint density at radius 2 is 1.85 bits per heavy atom. The molecule has 0 aliphatic heterocycles. The van der Waals surface area contributed by atoms with Crippen molar-refractivity contribution in [2.24, 2.45) is 0 Å². The second-order valence-corrected chi connectivity index (χ2v) is 4.07. The van der Waals surface area contributed by atoms with Crippen molar-refractivity contribution < 1.29 is 18.6 Å². The van der Waals surface area contributed by atoms with Gasteiger partial charge in [0, 0.05) is 13.1 Å². The van der Waals surface area contributed by atoms with Crippen molar-refractivity contribution in [2.75, 3.05) is 0 Å². The molecule has 1 rings (SSSR count). The van der Waals surface area contributed by atoms with Gasteiger partial charge in [-0.15, -0.1) is 0 Å². The molecule has 0 aromatic heterocycles. The molecule has 0 saturated carbocycles. The number of sulfonamides is 1. The maximum Gasteiger partial charge on any atom is 0.240 e. The quantitative estimate of drug-likeness (QED) is 0.596. The molecular weight excluding hydrogens is 194 g/mol. The molecule has 0 saturated heterocycles. The fourth-order valence-corrected chi connectivity index (χ4v) is 1.43. The molecule has 0 amide bonds. The lowest BCUT2D eigenvalue weighted by Crippen LogP contribution is -2.16. The van der Waals surface area contributed by atoms with Crippen molar-refractivity contribution in [3.63, 3.8) is 0 Å². The molecule has 0 atom stereocenters. The average molecular weight is 202 g/mol. The molecule has 71 valence electrons. The monoisotopic (exact) mass is 202 g/mol. The Labute approximate surface area is 75.7 Å². The highest BCUT2D eigenvalue weighted by Gasteiger charge is 2.12. The SMILES string of the molecule is [CH2]NS(=O)(=O)c1ccc(O)c(O)c1. The molecule has 0 bridgehead atoms. The first-order chi connectivity index (χ1) is 5.97. The van der Waals surface area contributed by atoms with Gasteiger partial charge in [0.1, 0.15) is 0 Å². The molecule has 0 spiro atoms. The normalized spacial score (nSPS) is 11.5. The minimum absolute atomic E-state index is 0.155. The molecule has 0 heterocycles. The van der Waals surface area contributed by atoms with Gasteiger partial charge in [-0.1, -0.05) is 0 Å². The zero-order chi connectivity index (χ0) is 10.1. The molecule has 0 unspecified atom stereocenters. The van der Waals surface area contributed by atoms with Crippen LogP contribution < -0.4 is 4.72 Å². The number of phenols is 2. The van der Waals surface area contributed by atoms with Gasteiger partial charge in [0.2, 0.25) is 10.0 Å². The van der Waals surface area contributed by atoms with E-state index >= 15 is 0 Å². The lowest BCUT2D eigenvalue weighted by Gasteiger charge is -2.03. The Kier molecular flexibility index (Phi) is 2.44. The second-order valence-electron chi connectivity index (χ2n) is 2.30. The summed E-state index contributed by atoms with van der Waals surface area (Å²) in [6.45, 7) is 0. The van der Waals surface area contributed by atoms with Crippen LogP contribution in [0, 0.1) is 7.05 Å². The average Bonchev–Trinajstić information content (AvgIpc) is 2.09. The second kappa shape index (κ2) is 3.23. The molecule has 1 radical (unpaired) electrons. The van der Waals surface area contributed by atoms with Gasteiger partial charge in [-0.05, 0) is 12.1 Å². The first-order valence-electron chi connectivity index (χ1n) is 3.28. The van der Waals surface area contributed by atoms with Crippen molar-refractivity contribution in [3.05, 3.63) is 25.2 Å². The zero-order valence-electron chi connectivity index (χ0n) is 6.56. The lowest BCUT2D eigenvalue weighted by atomic mass is 10.3. The van der Waals surface area contributed by atoms with Crippen LogP contribution in [-0.4, -0.2) is 18.6 Å². The maximum absolute atomic E-state index is 11.1. The van der Waals surface area contributed by atoms with Crippen LogP contribution in [0.3, 0.4) is 0 Å². The molecular formula is C7H8NO4S. The van der Waals surface area contributed by atoms with Crippen LogP contribution in [0.2, 0.25) is 0 Å². The Bertz CT molecular complexity index is 413. The molecule has 13 heavy (non-hydrogen) atoms. The summed E-state index contributed by atoms with van der Waals surface area (Å²) in [5.74, 6) is -0.862. The Morgan fingerprint density at radius 1 is 1.23 bits per heavy atom. The van der Waals surface area contributed by atoms with E-state index in [2.05, 4.69) is 7.05 Å². The van der Waals surface area contributed by atoms with E-state index in [1.54, 1.807) is 0 Å². The van der Waals surface area contributed by atoms with Crippen molar-refractivity contribution >= 4 is 10.0 Å². The van der Waals surface area contributed by atoms with Gasteiger partial charge >= 0.3 is 0 Å². The van der Waals surface area contributed by atoms with Crippen LogP contribution in [0.5, 0.6) is 11.5 Å². The van der Waals surface area contributed by atoms with Crippen molar-refractivity contribution in [1.29, 1.82) is 0 Å². The lowest BCUT2D eigenvalue weighted by molar-refractivity contribution is 0.402. The molecule has 0 aliphatic rings. The van der Waals surface area contributed by atoms with E-state index in [9.17, 15) is 8.42 Å². The van der Waals surface area contributed by atoms with Crippen molar-refractivity contribution in [2.45, 2.75) is 4.90 Å². The number of benzene rings is 1. The van der Waals surface area contributed by atoms with Crippen LogP contribution in [0.4, 0.5) is 0 Å². The predicted octanol–water partition coefficient (Wildman–Crippen LogP) is 0.168. The summed E-state index contributed by atoms with van der Waals surface area (Å²) >= 11 is 0. The molecule has 1 aromatic carbocycles. The molecule has 1 aromatic rings. The molecule has 0 fully saturated rings. The van der Waals surface area contributed by atoms with Gasteiger partial charge in [0.15, 0.2) is 11.5 Å². The van der Waals surface area contributed by atoms with Crippen LogP contribution in [0.1, 0.15) is 0 Å². The molecule has 6 heteroatoms. The third-order valence-corrected chi connectivity index (χ3v) is 2.70. The van der Waals surface area contributed by atoms with Gasteiger partial charge in [-0.2, -0.15) is 0 Å². The predicted molar refractivity (Wildman–Crippen MR) is 45.5 cm³/mol. The van der Waals surface area contributed by atoms with E-state index in [0.717, 1.165) is 18.2 Å². The first kappa shape index (κ1) is 9.82. The summed E-state index contributed by atoms with van der Waals surface area (Å²) in [6.07, 6.45) is 0. The molecule has 3 N–H and O–H groups in total. The van der Waals surface area contributed by atoms with E-state index in [-0.39, 0.29) is 10.6 Å². The van der Waals surface area contributed by atoms with E-state index in [4.69, 9.17) is 10.2 Å². The van der Waals surface area contributed by atoms with E-state index in [0.29, 0.717) is 0 Å².